The summed E-state index contributed by atoms with van der Waals surface area (Å²) < 4.78 is 0. The second-order valence-corrected chi connectivity index (χ2v) is 16.7. The van der Waals surface area contributed by atoms with Gasteiger partial charge in [-0.25, -0.2) is 0 Å². The highest BCUT2D eigenvalue weighted by atomic mass is 31.1. The molecule has 0 radical (unpaired) electrons. The highest BCUT2D eigenvalue weighted by molar-refractivity contribution is 7.76. The van der Waals surface area contributed by atoms with Crippen molar-refractivity contribution >= 4 is 26.5 Å². The minimum absolute atomic E-state index is 0.152. The third kappa shape index (κ3) is 5.21. The van der Waals surface area contributed by atoms with Crippen molar-refractivity contribution in [3.63, 3.8) is 0 Å². The van der Waals surface area contributed by atoms with Crippen LogP contribution in [-0.4, -0.2) is 16.0 Å². The van der Waals surface area contributed by atoms with Crippen LogP contribution in [0.3, 0.4) is 0 Å². The third-order valence-electron chi connectivity index (χ3n) is 5.87. The van der Waals surface area contributed by atoms with Gasteiger partial charge >= 0.3 is 0 Å². The van der Waals surface area contributed by atoms with Crippen LogP contribution in [0.1, 0.15) is 67.7 Å². The molecule has 0 spiro atoms. The first kappa shape index (κ1) is 22.7. The first-order chi connectivity index (χ1) is 13.6. The SMILES string of the molecule is C[C@H](C1=C(P(c2ccccc2)c2ccccc2)CCC1)P(C(C)(C)C)C(C)(C)C. The molecule has 1 aliphatic carbocycles. The molecule has 0 heterocycles. The van der Waals surface area contributed by atoms with Crippen molar-refractivity contribution in [3.05, 3.63) is 71.6 Å². The first-order valence-corrected chi connectivity index (χ1v) is 13.8. The van der Waals surface area contributed by atoms with E-state index in [1.54, 1.807) is 10.9 Å². The van der Waals surface area contributed by atoms with E-state index in [0.717, 1.165) is 0 Å². The molecule has 0 saturated carbocycles. The lowest BCUT2D eigenvalue weighted by atomic mass is 10.2. The maximum atomic E-state index is 2.55. The Morgan fingerprint density at radius 3 is 1.55 bits per heavy atom. The van der Waals surface area contributed by atoms with Gasteiger partial charge in [0, 0.05) is 0 Å². The average Bonchev–Trinajstić information content (AvgIpc) is 3.11. The zero-order valence-electron chi connectivity index (χ0n) is 19.4. The summed E-state index contributed by atoms with van der Waals surface area (Å²) in [4.78, 5) is 0. The average molecular weight is 425 g/mol. The van der Waals surface area contributed by atoms with Crippen molar-refractivity contribution in [2.24, 2.45) is 0 Å². The molecular weight excluding hydrogens is 386 g/mol. The molecule has 0 saturated heterocycles. The number of hydrogen-bond donors (Lipinski definition) is 0. The van der Waals surface area contributed by atoms with Crippen LogP contribution in [0.2, 0.25) is 0 Å². The summed E-state index contributed by atoms with van der Waals surface area (Å²) in [6, 6.07) is 22.5. The highest BCUT2D eigenvalue weighted by Crippen LogP contribution is 2.66. The van der Waals surface area contributed by atoms with Crippen LogP contribution in [-0.2, 0) is 0 Å². The van der Waals surface area contributed by atoms with Crippen LogP contribution in [0, 0.1) is 0 Å². The van der Waals surface area contributed by atoms with Gasteiger partial charge in [0.1, 0.15) is 0 Å². The van der Waals surface area contributed by atoms with Gasteiger partial charge in [0.15, 0.2) is 0 Å². The summed E-state index contributed by atoms with van der Waals surface area (Å²) in [7, 11) is -0.582. The molecule has 0 aromatic heterocycles. The van der Waals surface area contributed by atoms with E-state index in [-0.39, 0.29) is 7.92 Å². The topological polar surface area (TPSA) is 0 Å². The van der Waals surface area contributed by atoms with E-state index in [1.807, 2.05) is 0 Å². The largest absolute Gasteiger partial charge is 0.0885 e. The molecule has 2 aromatic rings. The molecule has 1 atom stereocenters. The number of hydrogen-bond acceptors (Lipinski definition) is 0. The Hall–Kier alpha value is -0.960. The Labute approximate surface area is 181 Å². The van der Waals surface area contributed by atoms with E-state index >= 15 is 0 Å². The fourth-order valence-electron chi connectivity index (χ4n) is 5.40. The highest BCUT2D eigenvalue weighted by Gasteiger charge is 2.41. The van der Waals surface area contributed by atoms with Crippen molar-refractivity contribution in [3.8, 4) is 0 Å². The van der Waals surface area contributed by atoms with Gasteiger partial charge in [0.2, 0.25) is 0 Å². The normalized spacial score (nSPS) is 16.7. The van der Waals surface area contributed by atoms with Crippen molar-refractivity contribution in [1.29, 1.82) is 0 Å². The number of allylic oxidation sites excluding steroid dienone is 2. The van der Waals surface area contributed by atoms with Crippen LogP contribution < -0.4 is 10.6 Å². The zero-order valence-corrected chi connectivity index (χ0v) is 21.2. The molecule has 0 aliphatic heterocycles. The molecule has 0 fully saturated rings. The zero-order chi connectivity index (χ0) is 21.2. The van der Waals surface area contributed by atoms with E-state index in [0.29, 0.717) is 16.0 Å². The van der Waals surface area contributed by atoms with Crippen LogP contribution in [0.25, 0.3) is 0 Å². The van der Waals surface area contributed by atoms with Crippen LogP contribution in [0.15, 0.2) is 71.6 Å². The van der Waals surface area contributed by atoms with Gasteiger partial charge in [-0.2, -0.15) is 0 Å². The smallest absolute Gasteiger partial charge is 0.00119 e. The lowest BCUT2D eigenvalue weighted by Crippen LogP contribution is -2.31. The van der Waals surface area contributed by atoms with Gasteiger partial charge in [-0.15, -0.1) is 0 Å². The molecular formula is C27H38P2. The van der Waals surface area contributed by atoms with Crippen molar-refractivity contribution in [2.45, 2.75) is 83.7 Å². The molecule has 1 aliphatic rings. The van der Waals surface area contributed by atoms with Crippen molar-refractivity contribution < 1.29 is 0 Å². The van der Waals surface area contributed by atoms with Crippen LogP contribution >= 0.6 is 15.8 Å². The van der Waals surface area contributed by atoms with Gasteiger partial charge in [0.25, 0.3) is 0 Å². The summed E-state index contributed by atoms with van der Waals surface area (Å²) in [6.45, 7) is 17.3. The fourth-order valence-corrected chi connectivity index (χ4v) is 13.3. The summed E-state index contributed by atoms with van der Waals surface area (Å²) in [6.07, 6.45) is 3.89. The Bertz CT molecular complexity index is 769. The van der Waals surface area contributed by atoms with E-state index < -0.39 is 7.92 Å². The second-order valence-electron chi connectivity index (χ2n) is 10.2. The second kappa shape index (κ2) is 9.04. The molecule has 0 unspecified atom stereocenters. The molecule has 0 amide bonds. The van der Waals surface area contributed by atoms with Gasteiger partial charge in [-0.05, 0) is 59.1 Å². The Morgan fingerprint density at radius 2 is 1.14 bits per heavy atom. The first-order valence-electron chi connectivity index (χ1n) is 11.0. The summed E-state index contributed by atoms with van der Waals surface area (Å²) in [5.41, 5.74) is 2.47. The predicted octanol–water partition coefficient (Wildman–Crippen LogP) is 8.02. The molecule has 0 bridgehead atoms. The molecule has 3 rings (SSSR count). The van der Waals surface area contributed by atoms with Gasteiger partial charge in [0.05, 0.1) is 0 Å². The minimum atomic E-state index is -0.430. The lowest BCUT2D eigenvalue weighted by molar-refractivity contribution is 0.691. The molecule has 0 N–H and O–H groups in total. The standard InChI is InChI=1S/C27H38P2/c1-21(29(26(2,3)4)27(5,6)7)24-19-14-20-25(24)28(22-15-10-8-11-16-22)23-17-12-9-13-18-23/h8-13,15-18,21H,14,19-20H2,1-7H3/t21-/m1/s1. The van der Waals surface area contributed by atoms with E-state index in [1.165, 1.54) is 29.9 Å². The number of benzene rings is 2. The monoisotopic (exact) mass is 424 g/mol. The van der Waals surface area contributed by atoms with Crippen LogP contribution in [0.5, 0.6) is 0 Å². The summed E-state index contributed by atoms with van der Waals surface area (Å²) in [5, 5.41) is 5.49. The van der Waals surface area contributed by atoms with Crippen molar-refractivity contribution in [1.82, 2.24) is 0 Å². The maximum absolute atomic E-state index is 2.55. The molecule has 0 nitrogen and oxygen atoms in total. The predicted molar refractivity (Wildman–Crippen MR) is 136 cm³/mol. The number of rotatable bonds is 5. The lowest BCUT2D eigenvalue weighted by Gasteiger charge is -2.46. The van der Waals surface area contributed by atoms with Gasteiger partial charge in [-0.1, -0.05) is 123 Å². The van der Waals surface area contributed by atoms with Gasteiger partial charge < -0.3 is 0 Å². The van der Waals surface area contributed by atoms with E-state index in [2.05, 4.69) is 109 Å². The summed E-state index contributed by atoms with van der Waals surface area (Å²) >= 11 is 0. The molecule has 156 valence electrons. The van der Waals surface area contributed by atoms with Gasteiger partial charge in [-0.3, -0.25) is 0 Å². The molecule has 2 heteroatoms. The Morgan fingerprint density at radius 1 is 0.690 bits per heavy atom. The molecule has 2 aromatic carbocycles. The van der Waals surface area contributed by atoms with Crippen LogP contribution in [0.4, 0.5) is 0 Å². The summed E-state index contributed by atoms with van der Waals surface area (Å²) in [5.74, 6) is 0. The quantitative estimate of drug-likeness (QED) is 0.426. The molecule has 29 heavy (non-hydrogen) atoms. The third-order valence-corrected chi connectivity index (χ3v) is 12.5. The minimum Gasteiger partial charge on any atom is -0.0885 e. The fraction of sp³-hybridized carbons (Fsp3) is 0.481. The Kier molecular flexibility index (Phi) is 7.08. The van der Waals surface area contributed by atoms with Crippen molar-refractivity contribution in [2.75, 3.05) is 0 Å². The maximum Gasteiger partial charge on any atom is -0.00119 e. The van der Waals surface area contributed by atoms with E-state index in [4.69, 9.17) is 0 Å². The Balaban J connectivity index is 2.13. The van der Waals surface area contributed by atoms with E-state index in [9.17, 15) is 0 Å².